The SMILES string of the molecule is C1=Cc2nc1c(-c1ccccc1)c1ccc([nH]1)c(-c1ccccc1)c1nc(c(-c3ccccc3)c3ccc([nH]3)c2-c2ccccc2)C=C1.[Mn].c1ccc([B-](c2ccccc2)(c2ccccc2)c2ccccc2)cc1. The number of aromatic nitrogens is 4. The molecular formula is C68H50BMnN4-. The van der Waals surface area contributed by atoms with E-state index in [1.165, 1.54) is 21.9 Å². The summed E-state index contributed by atoms with van der Waals surface area (Å²) in [5.74, 6) is 0. The maximum absolute atomic E-state index is 5.35. The van der Waals surface area contributed by atoms with Crippen molar-refractivity contribution >= 4 is 74.4 Å². The molecule has 6 heteroatoms. The molecule has 0 saturated carbocycles. The van der Waals surface area contributed by atoms with Crippen LogP contribution < -0.4 is 21.9 Å². The quantitative estimate of drug-likeness (QED) is 0.149. The maximum atomic E-state index is 5.35. The molecule has 0 atom stereocenters. The van der Waals surface area contributed by atoms with E-state index in [2.05, 4.69) is 277 Å². The predicted molar refractivity (Wildman–Crippen MR) is 311 cm³/mol. The van der Waals surface area contributed by atoms with E-state index in [1.807, 2.05) is 24.3 Å². The van der Waals surface area contributed by atoms with Crippen LogP contribution in [0.1, 0.15) is 22.8 Å². The van der Waals surface area contributed by atoms with Crippen molar-refractivity contribution in [2.24, 2.45) is 0 Å². The summed E-state index contributed by atoms with van der Waals surface area (Å²) in [6.45, 7) is 0. The fraction of sp³-hybridized carbons (Fsp3) is 0. The largest absolute Gasteiger partial charge is 0.354 e. The first kappa shape index (κ1) is 47.3. The number of H-pyrrole nitrogens is 2. The molecule has 2 N–H and O–H groups in total. The van der Waals surface area contributed by atoms with Crippen LogP contribution in [-0.4, -0.2) is 26.1 Å². The van der Waals surface area contributed by atoms with Gasteiger partial charge in [0.1, 0.15) is 6.15 Å². The maximum Gasteiger partial charge on any atom is 0.108 e. The van der Waals surface area contributed by atoms with E-state index in [4.69, 9.17) is 9.97 Å². The van der Waals surface area contributed by atoms with Gasteiger partial charge in [-0.2, -0.15) is 21.9 Å². The monoisotopic (exact) mass is 988 g/mol. The van der Waals surface area contributed by atoms with E-state index in [9.17, 15) is 0 Å². The van der Waals surface area contributed by atoms with Crippen molar-refractivity contribution in [3.8, 4) is 44.5 Å². The molecule has 0 saturated heterocycles. The van der Waals surface area contributed by atoms with Gasteiger partial charge in [0.2, 0.25) is 0 Å². The summed E-state index contributed by atoms with van der Waals surface area (Å²) in [6, 6.07) is 94.2. The van der Waals surface area contributed by atoms with Gasteiger partial charge in [0.05, 0.1) is 22.8 Å². The summed E-state index contributed by atoms with van der Waals surface area (Å²) in [4.78, 5) is 18.3. The van der Waals surface area contributed by atoms with E-state index >= 15 is 0 Å². The van der Waals surface area contributed by atoms with Gasteiger partial charge in [-0.05, 0) is 70.8 Å². The van der Waals surface area contributed by atoms with E-state index in [0.717, 1.165) is 89.4 Å². The van der Waals surface area contributed by atoms with Gasteiger partial charge in [-0.3, -0.25) is 0 Å². The number of aromatic amines is 2. The van der Waals surface area contributed by atoms with Crippen LogP contribution in [0.4, 0.5) is 0 Å². The second kappa shape index (κ2) is 21.3. The molecule has 2 aliphatic rings. The molecular weight excluding hydrogens is 939 g/mol. The smallest absolute Gasteiger partial charge is 0.108 e. The summed E-state index contributed by atoms with van der Waals surface area (Å²) in [5.41, 5.74) is 21.5. The topological polar surface area (TPSA) is 57.4 Å². The second-order valence-electron chi connectivity index (χ2n) is 18.5. The zero-order valence-corrected chi connectivity index (χ0v) is 41.7. The average Bonchev–Trinajstić information content (AvgIpc) is 4.33. The van der Waals surface area contributed by atoms with Gasteiger partial charge in [0, 0.05) is 61.4 Å². The fourth-order valence-corrected chi connectivity index (χ4v) is 11.0. The predicted octanol–water partition coefficient (Wildman–Crippen LogP) is 14.4. The molecule has 0 amide bonds. The van der Waals surface area contributed by atoms with Crippen LogP contribution in [-0.2, 0) is 17.1 Å². The Labute approximate surface area is 443 Å². The molecule has 8 aromatic carbocycles. The Hall–Kier alpha value is -9.06. The van der Waals surface area contributed by atoms with Gasteiger partial charge in [-0.1, -0.05) is 243 Å². The van der Waals surface area contributed by atoms with E-state index in [1.54, 1.807) is 0 Å². The number of benzene rings is 8. The van der Waals surface area contributed by atoms with Crippen molar-refractivity contribution in [3.63, 3.8) is 0 Å². The minimum absolute atomic E-state index is 0. The number of hydrogen-bond donors (Lipinski definition) is 2. The Bertz CT molecular complexity index is 3410. The molecule has 74 heavy (non-hydrogen) atoms. The molecule has 0 aliphatic carbocycles. The zero-order chi connectivity index (χ0) is 48.8. The molecule has 353 valence electrons. The molecule has 13 rings (SSSR count). The molecule has 8 bridgehead atoms. The zero-order valence-electron chi connectivity index (χ0n) is 40.6. The van der Waals surface area contributed by atoms with Gasteiger partial charge >= 0.3 is 0 Å². The Kier molecular flexibility index (Phi) is 13.6. The molecule has 11 aromatic rings. The molecule has 0 spiro atoms. The molecule has 4 nitrogen and oxygen atoms in total. The van der Waals surface area contributed by atoms with Crippen molar-refractivity contribution in [3.05, 3.63) is 290 Å². The molecule has 1 radical (unpaired) electrons. The third kappa shape index (κ3) is 9.10. The fourth-order valence-electron chi connectivity index (χ4n) is 11.0. The summed E-state index contributed by atoms with van der Waals surface area (Å²) < 4.78 is 0. The molecule has 3 aromatic heterocycles. The van der Waals surface area contributed by atoms with Crippen LogP contribution in [0.3, 0.4) is 0 Å². The Balaban J connectivity index is 0.000000191. The molecule has 0 fully saturated rings. The number of fused-ring (bicyclic) bond motifs is 8. The van der Waals surface area contributed by atoms with Crippen LogP contribution in [0, 0.1) is 0 Å². The molecule has 5 heterocycles. The van der Waals surface area contributed by atoms with Crippen molar-refractivity contribution in [2.45, 2.75) is 0 Å². The van der Waals surface area contributed by atoms with Crippen LogP contribution >= 0.6 is 0 Å². The number of rotatable bonds is 8. The minimum Gasteiger partial charge on any atom is -0.354 e. The average molecular weight is 989 g/mol. The van der Waals surface area contributed by atoms with E-state index in [0.29, 0.717) is 0 Å². The number of hydrogen-bond acceptors (Lipinski definition) is 2. The first-order valence-corrected chi connectivity index (χ1v) is 25.0. The van der Waals surface area contributed by atoms with Gasteiger partial charge < -0.3 is 9.97 Å². The molecule has 0 unspecified atom stereocenters. The Morgan fingerprint density at radius 3 is 0.622 bits per heavy atom. The van der Waals surface area contributed by atoms with Crippen LogP contribution in [0.2, 0.25) is 0 Å². The Morgan fingerprint density at radius 2 is 0.419 bits per heavy atom. The first-order valence-electron chi connectivity index (χ1n) is 25.0. The van der Waals surface area contributed by atoms with E-state index in [-0.39, 0.29) is 17.1 Å². The van der Waals surface area contributed by atoms with Gasteiger partial charge in [0.25, 0.3) is 0 Å². The summed E-state index contributed by atoms with van der Waals surface area (Å²) >= 11 is 0. The third-order valence-corrected chi connectivity index (χ3v) is 14.2. The van der Waals surface area contributed by atoms with Gasteiger partial charge in [-0.15, -0.1) is 0 Å². The number of nitrogens with zero attached hydrogens (tertiary/aromatic N) is 2. The van der Waals surface area contributed by atoms with E-state index < -0.39 is 6.15 Å². The van der Waals surface area contributed by atoms with Crippen molar-refractivity contribution in [2.75, 3.05) is 0 Å². The summed E-state index contributed by atoms with van der Waals surface area (Å²) in [7, 11) is 0. The molecule has 2 aliphatic heterocycles. The second-order valence-corrected chi connectivity index (χ2v) is 18.5. The van der Waals surface area contributed by atoms with Crippen molar-refractivity contribution < 1.29 is 17.1 Å². The standard InChI is InChI=1S/C44H30N4.C24H20B.Mn/c1-5-13-29(14-6-1)41-33-21-23-35(45-33)42(30-15-7-2-8-16-30)37-25-27-39(47-37)44(32-19-11-4-12-20-32)40-28-26-38(48-40)43(31-17-9-3-10-18-31)36-24-22-34(41)46-36;1-5-13-21(14-6-1)25(22-15-7-2-8-16-22,23-17-9-3-10-18-23)24-19-11-4-12-20-24;/h1-28,45,48H;1-20H;/q;-1;. The van der Waals surface area contributed by atoms with Crippen LogP contribution in [0.25, 0.3) is 90.9 Å². The number of nitrogens with one attached hydrogen (secondary N) is 2. The third-order valence-electron chi connectivity index (χ3n) is 14.2. The van der Waals surface area contributed by atoms with Crippen molar-refractivity contribution in [1.29, 1.82) is 0 Å². The van der Waals surface area contributed by atoms with Crippen LogP contribution in [0.15, 0.2) is 267 Å². The van der Waals surface area contributed by atoms with Gasteiger partial charge in [-0.25, -0.2) is 9.97 Å². The van der Waals surface area contributed by atoms with Gasteiger partial charge in [0.15, 0.2) is 0 Å². The normalized spacial score (nSPS) is 11.6. The first-order chi connectivity index (χ1) is 36.2. The Morgan fingerprint density at radius 1 is 0.230 bits per heavy atom. The summed E-state index contributed by atoms with van der Waals surface area (Å²) in [5, 5.41) is 0. The van der Waals surface area contributed by atoms with Crippen molar-refractivity contribution in [1.82, 2.24) is 19.9 Å². The minimum atomic E-state index is -1.22. The summed E-state index contributed by atoms with van der Waals surface area (Å²) in [6.07, 6.45) is 7.33. The van der Waals surface area contributed by atoms with Crippen LogP contribution in [0.5, 0.6) is 0 Å².